The van der Waals surface area contributed by atoms with Crippen molar-refractivity contribution < 1.29 is 25.3 Å². The fourth-order valence-electron chi connectivity index (χ4n) is 4.35. The first-order chi connectivity index (χ1) is 16.6. The number of aromatic nitrogens is 3. The SMILES string of the molecule is Cc1cc(F)cc2c1[n-]c1c(-c3cccc(-c4[c-]c(-c5ccccn5)ccc4)n3)cc(F)cc12.[Ni+2]. The average Bonchev–Trinajstić information content (AvgIpc) is 3.23. The zero-order valence-corrected chi connectivity index (χ0v) is 19.5. The van der Waals surface area contributed by atoms with Crippen molar-refractivity contribution in [2.45, 2.75) is 6.92 Å². The van der Waals surface area contributed by atoms with E-state index in [0.29, 0.717) is 44.3 Å². The van der Waals surface area contributed by atoms with E-state index < -0.39 is 5.82 Å². The van der Waals surface area contributed by atoms with Crippen LogP contribution in [0.4, 0.5) is 8.78 Å². The van der Waals surface area contributed by atoms with Crippen molar-refractivity contribution in [1.82, 2.24) is 15.0 Å². The summed E-state index contributed by atoms with van der Waals surface area (Å²) in [6.45, 7) is 1.80. The van der Waals surface area contributed by atoms with Crippen LogP contribution in [-0.2, 0) is 16.5 Å². The molecule has 3 aromatic heterocycles. The Bertz CT molecular complexity index is 1690. The van der Waals surface area contributed by atoms with Crippen LogP contribution in [0.25, 0.3) is 55.6 Å². The Morgan fingerprint density at radius 1 is 0.714 bits per heavy atom. The summed E-state index contributed by atoms with van der Waals surface area (Å²) in [6.07, 6.45) is 1.74. The normalized spacial score (nSPS) is 11.1. The van der Waals surface area contributed by atoms with Crippen LogP contribution in [-0.4, -0.2) is 9.97 Å². The van der Waals surface area contributed by atoms with E-state index in [1.807, 2.05) is 54.6 Å². The van der Waals surface area contributed by atoms with Gasteiger partial charge in [-0.1, -0.05) is 41.0 Å². The molecule has 0 aliphatic carbocycles. The van der Waals surface area contributed by atoms with Crippen molar-refractivity contribution in [3.8, 4) is 33.8 Å². The van der Waals surface area contributed by atoms with Gasteiger partial charge < -0.3 is 4.98 Å². The number of nitrogens with zero attached hydrogens (tertiary/aromatic N) is 3. The minimum atomic E-state index is -0.422. The number of rotatable bonds is 3. The molecule has 0 saturated heterocycles. The summed E-state index contributed by atoms with van der Waals surface area (Å²) in [7, 11) is 0. The molecular weight excluding hydrogens is 487 g/mol. The van der Waals surface area contributed by atoms with Gasteiger partial charge in [0.05, 0.1) is 5.69 Å². The number of hydrogen-bond donors (Lipinski definition) is 0. The van der Waals surface area contributed by atoms with Gasteiger partial charge in [0.15, 0.2) is 0 Å². The summed E-state index contributed by atoms with van der Waals surface area (Å²) in [4.78, 5) is 14.0. The Kier molecular flexibility index (Phi) is 5.92. The molecule has 0 aliphatic rings. The van der Waals surface area contributed by atoms with Gasteiger partial charge in [-0.2, -0.15) is 0 Å². The summed E-state index contributed by atoms with van der Waals surface area (Å²) in [5, 5.41) is 1.17. The third-order valence-electron chi connectivity index (χ3n) is 5.89. The molecule has 0 spiro atoms. The summed E-state index contributed by atoms with van der Waals surface area (Å²) in [5.41, 5.74) is 6.30. The van der Waals surface area contributed by atoms with Crippen molar-refractivity contribution in [2.24, 2.45) is 0 Å². The van der Waals surface area contributed by atoms with Crippen LogP contribution < -0.4 is 4.98 Å². The van der Waals surface area contributed by atoms with Crippen LogP contribution in [0.3, 0.4) is 0 Å². The van der Waals surface area contributed by atoms with Crippen LogP contribution >= 0.6 is 0 Å². The molecule has 0 bridgehead atoms. The summed E-state index contributed by atoms with van der Waals surface area (Å²) in [5.74, 6) is -0.789. The molecule has 172 valence electrons. The molecule has 3 nitrogen and oxygen atoms in total. The van der Waals surface area contributed by atoms with Crippen LogP contribution in [0.1, 0.15) is 5.56 Å². The molecule has 6 heteroatoms. The minimum absolute atomic E-state index is 0. The van der Waals surface area contributed by atoms with Gasteiger partial charge >= 0.3 is 16.5 Å². The molecule has 35 heavy (non-hydrogen) atoms. The van der Waals surface area contributed by atoms with E-state index in [9.17, 15) is 8.78 Å². The molecule has 6 rings (SSSR count). The van der Waals surface area contributed by atoms with Gasteiger partial charge in [-0.05, 0) is 59.7 Å². The Labute approximate surface area is 210 Å². The molecule has 0 amide bonds. The second kappa shape index (κ2) is 9.05. The molecule has 0 fully saturated rings. The first-order valence-electron chi connectivity index (χ1n) is 10.8. The third-order valence-corrected chi connectivity index (χ3v) is 5.89. The number of fused-ring (bicyclic) bond motifs is 3. The van der Waals surface area contributed by atoms with Gasteiger partial charge in [0.2, 0.25) is 0 Å². The molecule has 0 radical (unpaired) electrons. The van der Waals surface area contributed by atoms with E-state index in [0.717, 1.165) is 16.8 Å². The van der Waals surface area contributed by atoms with Gasteiger partial charge in [-0.3, -0.25) is 9.97 Å². The Hall–Kier alpha value is -3.89. The quantitative estimate of drug-likeness (QED) is 0.190. The Morgan fingerprint density at radius 2 is 1.37 bits per heavy atom. The molecule has 6 aromatic rings. The molecular formula is C29H17F2N3Ni. The number of pyridine rings is 2. The van der Waals surface area contributed by atoms with Crippen molar-refractivity contribution >= 4 is 21.8 Å². The molecule has 0 unspecified atom stereocenters. The van der Waals surface area contributed by atoms with Crippen molar-refractivity contribution in [2.75, 3.05) is 0 Å². The summed E-state index contributed by atoms with van der Waals surface area (Å²) in [6, 6.07) is 26.2. The first kappa shape index (κ1) is 22.9. The molecule has 0 saturated carbocycles. The number of hydrogen-bond acceptors (Lipinski definition) is 2. The predicted molar refractivity (Wildman–Crippen MR) is 130 cm³/mol. The maximum Gasteiger partial charge on any atom is 2.00 e. The van der Waals surface area contributed by atoms with Gasteiger partial charge in [0.25, 0.3) is 0 Å². The van der Waals surface area contributed by atoms with Crippen molar-refractivity contribution in [1.29, 1.82) is 0 Å². The number of aryl methyl sites for hydroxylation is 1. The Morgan fingerprint density at radius 3 is 2.14 bits per heavy atom. The standard InChI is InChI=1S/C29H17F2N3.Ni/c1-17-12-20(30)14-22-23-15-21(31)16-24(29(23)34-28(17)22)27-10-5-9-26(33-27)19-7-4-6-18(13-19)25-8-2-3-11-32-25;/h2-12,14-16H,1H3;/q-2;+2. The van der Waals surface area contributed by atoms with Crippen molar-refractivity contribution in [3.63, 3.8) is 0 Å². The maximum atomic E-state index is 14.7. The van der Waals surface area contributed by atoms with Gasteiger partial charge in [0, 0.05) is 17.6 Å². The monoisotopic (exact) mass is 503 g/mol. The van der Waals surface area contributed by atoms with E-state index in [2.05, 4.69) is 11.1 Å². The predicted octanol–water partition coefficient (Wildman–Crippen LogP) is 7.13. The van der Waals surface area contributed by atoms with Crippen LogP contribution in [0.5, 0.6) is 0 Å². The largest absolute Gasteiger partial charge is 2.00 e. The van der Waals surface area contributed by atoms with E-state index in [-0.39, 0.29) is 22.3 Å². The maximum absolute atomic E-state index is 14.7. The fraction of sp³-hybridized carbons (Fsp3) is 0.0345. The van der Waals surface area contributed by atoms with Crippen molar-refractivity contribution in [3.05, 3.63) is 108 Å². The van der Waals surface area contributed by atoms with E-state index >= 15 is 0 Å². The van der Waals surface area contributed by atoms with E-state index in [1.165, 1.54) is 24.3 Å². The molecule has 0 atom stereocenters. The van der Waals surface area contributed by atoms with E-state index in [1.54, 1.807) is 13.1 Å². The third kappa shape index (κ3) is 4.11. The summed E-state index contributed by atoms with van der Waals surface area (Å²) < 4.78 is 28.8. The average molecular weight is 504 g/mol. The summed E-state index contributed by atoms with van der Waals surface area (Å²) >= 11 is 0. The molecule has 3 aromatic carbocycles. The number of benzene rings is 3. The van der Waals surface area contributed by atoms with Crippen LogP contribution in [0.15, 0.2) is 85.1 Å². The smallest absolute Gasteiger partial charge is 0.656 e. The van der Waals surface area contributed by atoms with Crippen LogP contribution in [0.2, 0.25) is 0 Å². The molecule has 0 N–H and O–H groups in total. The minimum Gasteiger partial charge on any atom is -0.656 e. The molecule has 0 aliphatic heterocycles. The Balaban J connectivity index is 0.00000253. The topological polar surface area (TPSA) is 39.9 Å². The van der Waals surface area contributed by atoms with Gasteiger partial charge in [0.1, 0.15) is 11.6 Å². The second-order valence-electron chi connectivity index (χ2n) is 8.18. The second-order valence-corrected chi connectivity index (χ2v) is 8.18. The fourth-order valence-corrected chi connectivity index (χ4v) is 4.35. The first-order valence-corrected chi connectivity index (χ1v) is 10.8. The van der Waals surface area contributed by atoms with Gasteiger partial charge in [-0.15, -0.1) is 35.3 Å². The number of halogens is 2. The molecule has 3 heterocycles. The zero-order valence-electron chi connectivity index (χ0n) is 18.5. The van der Waals surface area contributed by atoms with Crippen LogP contribution in [0, 0.1) is 24.6 Å². The van der Waals surface area contributed by atoms with Gasteiger partial charge in [-0.25, -0.2) is 8.78 Å². The van der Waals surface area contributed by atoms with E-state index in [4.69, 9.17) is 9.97 Å². The zero-order chi connectivity index (χ0) is 23.2.